The summed E-state index contributed by atoms with van der Waals surface area (Å²) < 4.78 is 15.5. The minimum Gasteiger partial charge on any atom is -0.460 e. The second-order valence-electron chi connectivity index (χ2n) is 9.95. The average molecular weight is 548 g/mol. The lowest BCUT2D eigenvalue weighted by Gasteiger charge is -2.26. The molecule has 0 spiro atoms. The van der Waals surface area contributed by atoms with E-state index in [0.717, 1.165) is 5.56 Å². The molecule has 0 bridgehead atoms. The fraction of sp³-hybridized carbons (Fsp3) is 0.536. The van der Waals surface area contributed by atoms with Gasteiger partial charge in [0.05, 0.1) is 0 Å². The highest BCUT2D eigenvalue weighted by Gasteiger charge is 2.31. The summed E-state index contributed by atoms with van der Waals surface area (Å²) in [7, 11) is 0. The summed E-state index contributed by atoms with van der Waals surface area (Å²) in [5, 5.41) is 7.46. The second-order valence-corrected chi connectivity index (χ2v) is 9.95. The van der Waals surface area contributed by atoms with E-state index in [1.54, 1.807) is 52.0 Å². The monoisotopic (exact) mass is 547 g/mol. The minimum atomic E-state index is -1.19. The van der Waals surface area contributed by atoms with E-state index in [0.29, 0.717) is 6.42 Å². The second kappa shape index (κ2) is 16.8. The van der Waals surface area contributed by atoms with Gasteiger partial charge in [-0.15, -0.1) is 0 Å². The zero-order chi connectivity index (χ0) is 29.4. The van der Waals surface area contributed by atoms with E-state index in [9.17, 15) is 24.0 Å². The molecule has 216 valence electrons. The highest BCUT2D eigenvalue weighted by molar-refractivity contribution is 5.92. The maximum absolute atomic E-state index is 13.2. The van der Waals surface area contributed by atoms with Crippen molar-refractivity contribution in [3.8, 4) is 0 Å². The number of benzene rings is 1. The molecule has 2 unspecified atom stereocenters. The molecule has 0 saturated heterocycles. The number of amides is 3. The van der Waals surface area contributed by atoms with Crippen LogP contribution in [0.15, 0.2) is 43.0 Å². The van der Waals surface area contributed by atoms with Gasteiger partial charge < -0.3 is 30.2 Å². The predicted octanol–water partition coefficient (Wildman–Crippen LogP) is 2.78. The Morgan fingerprint density at radius 1 is 1.03 bits per heavy atom. The molecule has 0 heterocycles. The van der Waals surface area contributed by atoms with E-state index >= 15 is 0 Å². The molecule has 0 aromatic heterocycles. The number of hydrogen-bond donors (Lipinski definition) is 3. The third kappa shape index (κ3) is 14.0. The Labute approximate surface area is 230 Å². The Morgan fingerprint density at radius 2 is 1.69 bits per heavy atom. The van der Waals surface area contributed by atoms with Crippen molar-refractivity contribution in [2.45, 2.75) is 78.2 Å². The third-order valence-electron chi connectivity index (χ3n) is 5.42. The molecule has 0 fully saturated rings. The standard InChI is InChI=1S/C28H41N3O8/c1-7-16-37-26(35)24(19(3)8-2)31-25(34)21(14-15-23(33)39-28(4,5)6)30-22(32)17-29-27(36)38-18-20-12-10-9-11-13-20/h7,9-13,19,21,24H,1,8,14-18H2,2-6H3,(H,29,36)(H,30,32)(H,31,34)/t19?,21-,24?/m0/s1. The number of alkyl carbamates (subject to hydrolysis) is 1. The van der Waals surface area contributed by atoms with Gasteiger partial charge in [0.1, 0.15) is 37.4 Å². The zero-order valence-electron chi connectivity index (χ0n) is 23.4. The SMILES string of the molecule is C=CCOC(=O)C(NC(=O)[C@H](CCC(=O)OC(C)(C)C)NC(=O)CNC(=O)OCc1ccccc1)C(C)CC. The summed E-state index contributed by atoms with van der Waals surface area (Å²) in [6.07, 6.45) is 0.898. The third-order valence-corrected chi connectivity index (χ3v) is 5.42. The number of nitrogens with one attached hydrogen (secondary N) is 3. The van der Waals surface area contributed by atoms with Crippen LogP contribution in [-0.2, 0) is 40.0 Å². The first-order valence-corrected chi connectivity index (χ1v) is 12.9. The molecule has 0 saturated carbocycles. The van der Waals surface area contributed by atoms with Gasteiger partial charge in [-0.2, -0.15) is 0 Å². The maximum atomic E-state index is 13.2. The molecular weight excluding hydrogens is 506 g/mol. The van der Waals surface area contributed by atoms with Crippen molar-refractivity contribution in [2.75, 3.05) is 13.2 Å². The molecule has 1 aromatic carbocycles. The quantitative estimate of drug-likeness (QED) is 0.172. The molecule has 39 heavy (non-hydrogen) atoms. The van der Waals surface area contributed by atoms with Gasteiger partial charge in [0, 0.05) is 6.42 Å². The van der Waals surface area contributed by atoms with Crippen molar-refractivity contribution in [1.82, 2.24) is 16.0 Å². The van der Waals surface area contributed by atoms with Gasteiger partial charge in [0.25, 0.3) is 0 Å². The van der Waals surface area contributed by atoms with E-state index < -0.39 is 54.1 Å². The summed E-state index contributed by atoms with van der Waals surface area (Å²) in [5.41, 5.74) is 0.0528. The van der Waals surface area contributed by atoms with Crippen molar-refractivity contribution in [3.05, 3.63) is 48.6 Å². The summed E-state index contributed by atoms with van der Waals surface area (Å²) in [6, 6.07) is 6.84. The van der Waals surface area contributed by atoms with Crippen LogP contribution in [0.4, 0.5) is 4.79 Å². The van der Waals surface area contributed by atoms with Gasteiger partial charge in [-0.3, -0.25) is 14.4 Å². The number of esters is 2. The predicted molar refractivity (Wildman–Crippen MR) is 144 cm³/mol. The molecule has 11 heteroatoms. The fourth-order valence-electron chi connectivity index (χ4n) is 3.25. The molecule has 3 atom stereocenters. The van der Waals surface area contributed by atoms with Crippen LogP contribution in [-0.4, -0.2) is 60.7 Å². The fourth-order valence-corrected chi connectivity index (χ4v) is 3.25. The molecule has 0 radical (unpaired) electrons. The Kier molecular flexibility index (Phi) is 14.3. The van der Waals surface area contributed by atoms with Crippen LogP contribution in [0.2, 0.25) is 0 Å². The maximum Gasteiger partial charge on any atom is 0.407 e. The Hall–Kier alpha value is -3.89. The van der Waals surface area contributed by atoms with E-state index in [1.165, 1.54) is 6.08 Å². The van der Waals surface area contributed by atoms with E-state index in [4.69, 9.17) is 14.2 Å². The molecule has 3 N–H and O–H groups in total. The van der Waals surface area contributed by atoms with Crippen LogP contribution in [0.3, 0.4) is 0 Å². The molecule has 3 amide bonds. The summed E-state index contributed by atoms with van der Waals surface area (Å²) in [6.45, 7) is 11.8. The number of carbonyl (C=O) groups excluding carboxylic acids is 5. The lowest BCUT2D eigenvalue weighted by atomic mass is 9.98. The highest BCUT2D eigenvalue weighted by Crippen LogP contribution is 2.13. The van der Waals surface area contributed by atoms with Gasteiger partial charge >= 0.3 is 18.0 Å². The van der Waals surface area contributed by atoms with Gasteiger partial charge in [-0.05, 0) is 38.7 Å². The number of rotatable bonds is 15. The van der Waals surface area contributed by atoms with Crippen LogP contribution >= 0.6 is 0 Å². The molecule has 0 aliphatic carbocycles. The molecule has 1 rings (SSSR count). The summed E-state index contributed by atoms with van der Waals surface area (Å²) in [5.74, 6) is -2.84. The van der Waals surface area contributed by atoms with Crippen LogP contribution in [0.25, 0.3) is 0 Å². The van der Waals surface area contributed by atoms with Crippen molar-refractivity contribution in [1.29, 1.82) is 0 Å². The van der Waals surface area contributed by atoms with Gasteiger partial charge in [-0.25, -0.2) is 9.59 Å². The lowest BCUT2D eigenvalue weighted by molar-refractivity contribution is -0.155. The zero-order valence-corrected chi connectivity index (χ0v) is 23.4. The normalized spacial score (nSPS) is 13.2. The van der Waals surface area contributed by atoms with Crippen LogP contribution in [0.5, 0.6) is 0 Å². The molecular formula is C28H41N3O8. The topological polar surface area (TPSA) is 149 Å². The number of ether oxygens (including phenoxy) is 3. The smallest absolute Gasteiger partial charge is 0.407 e. The van der Waals surface area contributed by atoms with Crippen molar-refractivity contribution >= 4 is 29.8 Å². The largest absolute Gasteiger partial charge is 0.460 e. The highest BCUT2D eigenvalue weighted by atomic mass is 16.6. The Morgan fingerprint density at radius 3 is 2.28 bits per heavy atom. The molecule has 1 aromatic rings. The van der Waals surface area contributed by atoms with Gasteiger partial charge in [0.15, 0.2) is 0 Å². The summed E-state index contributed by atoms with van der Waals surface area (Å²) in [4.78, 5) is 62.5. The van der Waals surface area contributed by atoms with Gasteiger partial charge in [0.2, 0.25) is 11.8 Å². The summed E-state index contributed by atoms with van der Waals surface area (Å²) >= 11 is 0. The van der Waals surface area contributed by atoms with Crippen LogP contribution in [0, 0.1) is 5.92 Å². The Balaban J connectivity index is 2.84. The van der Waals surface area contributed by atoms with Crippen molar-refractivity contribution in [3.63, 3.8) is 0 Å². The van der Waals surface area contributed by atoms with E-state index in [1.807, 2.05) is 13.0 Å². The molecule has 0 aliphatic rings. The minimum absolute atomic E-state index is 0.0213. The van der Waals surface area contributed by atoms with Gasteiger partial charge in [-0.1, -0.05) is 63.3 Å². The first kappa shape index (κ1) is 33.1. The van der Waals surface area contributed by atoms with Crippen LogP contribution in [0.1, 0.15) is 59.4 Å². The van der Waals surface area contributed by atoms with Crippen molar-refractivity contribution in [2.24, 2.45) is 5.92 Å². The first-order valence-electron chi connectivity index (χ1n) is 12.9. The molecule has 0 aliphatic heterocycles. The molecule has 11 nitrogen and oxygen atoms in total. The number of carbonyl (C=O) groups is 5. The van der Waals surface area contributed by atoms with E-state index in [2.05, 4.69) is 22.5 Å². The van der Waals surface area contributed by atoms with Crippen LogP contribution < -0.4 is 16.0 Å². The van der Waals surface area contributed by atoms with E-state index in [-0.39, 0.29) is 32.0 Å². The number of hydrogen-bond acceptors (Lipinski definition) is 8. The first-order chi connectivity index (χ1) is 18.4. The van der Waals surface area contributed by atoms with Crippen molar-refractivity contribution < 1.29 is 38.2 Å². The Bertz CT molecular complexity index is 975. The average Bonchev–Trinajstić information content (AvgIpc) is 2.89. The lowest BCUT2D eigenvalue weighted by Crippen LogP contribution is -2.55.